The number of rotatable bonds is 5. The number of hydrogen-bond acceptors (Lipinski definition) is 3. The van der Waals surface area contributed by atoms with Crippen LogP contribution >= 0.6 is 0 Å². The molecule has 1 saturated carbocycles. The second kappa shape index (κ2) is 6.10. The Kier molecular flexibility index (Phi) is 4.15. The summed E-state index contributed by atoms with van der Waals surface area (Å²) in [6.07, 6.45) is 2.60. The van der Waals surface area contributed by atoms with Gasteiger partial charge in [0.1, 0.15) is 5.69 Å². The molecule has 6 heteroatoms. The molecule has 1 fully saturated rings. The average Bonchev–Trinajstić information content (AvgIpc) is 3.00. The normalized spacial score (nSPS) is 18.2. The number of aromatic nitrogens is 2. The summed E-state index contributed by atoms with van der Waals surface area (Å²) in [6, 6.07) is 9.64. The molecule has 1 aromatic carbocycles. The quantitative estimate of drug-likeness (QED) is 0.789. The highest BCUT2D eigenvalue weighted by Crippen LogP contribution is 2.42. The molecule has 1 aliphatic rings. The number of ether oxygens (including phenoxy) is 1. The summed E-state index contributed by atoms with van der Waals surface area (Å²) < 4.78 is 32.5. The van der Waals surface area contributed by atoms with Crippen LogP contribution in [0.25, 0.3) is 0 Å². The van der Waals surface area contributed by atoms with Gasteiger partial charge in [-0.15, -0.1) is 0 Å². The van der Waals surface area contributed by atoms with Crippen molar-refractivity contribution in [2.24, 2.45) is 5.92 Å². The highest BCUT2D eigenvalue weighted by Gasteiger charge is 2.45. The topological polar surface area (TPSA) is 44.1 Å². The van der Waals surface area contributed by atoms with Crippen molar-refractivity contribution >= 4 is 5.97 Å². The molecule has 2 aromatic rings. The van der Waals surface area contributed by atoms with Gasteiger partial charge >= 0.3 is 5.97 Å². The summed E-state index contributed by atoms with van der Waals surface area (Å²) >= 11 is 0. The number of benzene rings is 1. The molecule has 1 unspecified atom stereocenters. The largest absolute Gasteiger partial charge is 0.461 e. The van der Waals surface area contributed by atoms with Gasteiger partial charge in [-0.3, -0.25) is 0 Å². The van der Waals surface area contributed by atoms with E-state index >= 15 is 0 Å². The van der Waals surface area contributed by atoms with E-state index < -0.39 is 11.9 Å². The van der Waals surface area contributed by atoms with E-state index in [0.717, 1.165) is 5.56 Å². The Bertz CT molecular complexity index is 677. The highest BCUT2D eigenvalue weighted by molar-refractivity contribution is 5.87. The number of esters is 1. The average molecular weight is 320 g/mol. The Morgan fingerprint density at radius 2 is 2.09 bits per heavy atom. The fraction of sp³-hybridized carbons (Fsp3) is 0.412. The molecular formula is C17H18F2N2O2. The molecule has 0 radical (unpaired) electrons. The van der Waals surface area contributed by atoms with E-state index in [-0.39, 0.29) is 31.4 Å². The molecule has 0 spiro atoms. The lowest BCUT2D eigenvalue weighted by atomic mass is 9.82. The standard InChI is InChI=1S/C17H18F2N2O2/c1-12(14-5-3-2-4-6-14)21-11-20-9-15(21)16(22)23-10-13-7-17(18,19)8-13/h2-6,9,11-13H,7-8,10H2,1H3. The first-order valence-corrected chi connectivity index (χ1v) is 7.58. The number of hydrogen-bond donors (Lipinski definition) is 0. The first kappa shape index (κ1) is 15.6. The van der Waals surface area contributed by atoms with Gasteiger partial charge in [0.2, 0.25) is 5.92 Å². The maximum Gasteiger partial charge on any atom is 0.356 e. The minimum atomic E-state index is -2.60. The molecule has 1 heterocycles. The molecule has 0 N–H and O–H groups in total. The van der Waals surface area contributed by atoms with E-state index in [0.29, 0.717) is 5.69 Å². The van der Waals surface area contributed by atoms with E-state index in [2.05, 4.69) is 4.98 Å². The molecule has 4 nitrogen and oxygen atoms in total. The van der Waals surface area contributed by atoms with Crippen molar-refractivity contribution in [2.45, 2.75) is 31.7 Å². The number of nitrogens with zero attached hydrogens (tertiary/aromatic N) is 2. The summed E-state index contributed by atoms with van der Waals surface area (Å²) in [5, 5.41) is 0. The summed E-state index contributed by atoms with van der Waals surface area (Å²) in [5.74, 6) is -3.38. The number of imidazole rings is 1. The molecule has 1 atom stereocenters. The van der Waals surface area contributed by atoms with Gasteiger partial charge in [-0.2, -0.15) is 0 Å². The molecule has 3 rings (SSSR count). The predicted octanol–water partition coefficient (Wildman–Crippen LogP) is 3.69. The fourth-order valence-electron chi connectivity index (χ4n) is 2.83. The van der Waals surface area contributed by atoms with Gasteiger partial charge in [0, 0.05) is 18.8 Å². The maximum atomic E-state index is 12.8. The molecule has 0 aliphatic heterocycles. The van der Waals surface area contributed by atoms with Crippen LogP contribution in [0.3, 0.4) is 0 Å². The zero-order chi connectivity index (χ0) is 16.4. The zero-order valence-electron chi connectivity index (χ0n) is 12.8. The van der Waals surface area contributed by atoms with Crippen LogP contribution in [0.15, 0.2) is 42.9 Å². The fourth-order valence-corrected chi connectivity index (χ4v) is 2.83. The first-order chi connectivity index (χ1) is 11.0. The van der Waals surface area contributed by atoms with E-state index in [1.807, 2.05) is 37.3 Å². The number of alkyl halides is 2. The van der Waals surface area contributed by atoms with Crippen LogP contribution in [0.5, 0.6) is 0 Å². The van der Waals surface area contributed by atoms with Gasteiger partial charge in [0.05, 0.1) is 25.2 Å². The third-order valence-corrected chi connectivity index (χ3v) is 4.20. The third kappa shape index (κ3) is 3.41. The second-order valence-corrected chi connectivity index (χ2v) is 6.00. The van der Waals surface area contributed by atoms with E-state index in [1.54, 1.807) is 10.9 Å². The van der Waals surface area contributed by atoms with Gasteiger partial charge < -0.3 is 9.30 Å². The van der Waals surface area contributed by atoms with Gasteiger partial charge in [-0.1, -0.05) is 30.3 Å². The molecule has 0 bridgehead atoms. The second-order valence-electron chi connectivity index (χ2n) is 6.00. The maximum absolute atomic E-state index is 12.8. The first-order valence-electron chi connectivity index (χ1n) is 7.58. The summed E-state index contributed by atoms with van der Waals surface area (Å²) in [7, 11) is 0. The van der Waals surface area contributed by atoms with Gasteiger partial charge in [0.25, 0.3) is 0 Å². The van der Waals surface area contributed by atoms with Crippen LogP contribution in [0.2, 0.25) is 0 Å². The molecule has 0 amide bonds. The van der Waals surface area contributed by atoms with Crippen LogP contribution < -0.4 is 0 Å². The van der Waals surface area contributed by atoms with Crippen molar-refractivity contribution in [1.29, 1.82) is 0 Å². The van der Waals surface area contributed by atoms with Crippen LogP contribution in [-0.2, 0) is 4.74 Å². The van der Waals surface area contributed by atoms with Crippen molar-refractivity contribution in [3.05, 3.63) is 54.1 Å². The summed E-state index contributed by atoms with van der Waals surface area (Å²) in [5.41, 5.74) is 1.37. The molecule has 0 saturated heterocycles. The number of carbonyl (C=O) groups excluding carboxylic acids is 1. The van der Waals surface area contributed by atoms with Crippen molar-refractivity contribution < 1.29 is 18.3 Å². The Labute approximate surface area is 133 Å². The molecule has 122 valence electrons. The van der Waals surface area contributed by atoms with E-state index in [4.69, 9.17) is 4.74 Å². The molecule has 1 aromatic heterocycles. The molecular weight excluding hydrogens is 302 g/mol. The van der Waals surface area contributed by atoms with Crippen molar-refractivity contribution in [1.82, 2.24) is 9.55 Å². The van der Waals surface area contributed by atoms with Gasteiger partial charge in [-0.25, -0.2) is 18.6 Å². The number of halogens is 2. The van der Waals surface area contributed by atoms with Gasteiger partial charge in [-0.05, 0) is 12.5 Å². The van der Waals surface area contributed by atoms with E-state index in [1.165, 1.54) is 6.20 Å². The van der Waals surface area contributed by atoms with Crippen molar-refractivity contribution in [2.75, 3.05) is 6.61 Å². The Balaban J connectivity index is 1.65. The van der Waals surface area contributed by atoms with Crippen LogP contribution in [0, 0.1) is 5.92 Å². The Morgan fingerprint density at radius 3 is 2.74 bits per heavy atom. The zero-order valence-corrected chi connectivity index (χ0v) is 12.8. The molecule has 23 heavy (non-hydrogen) atoms. The molecule has 1 aliphatic carbocycles. The summed E-state index contributed by atoms with van der Waals surface area (Å²) in [6.45, 7) is 1.99. The lowest BCUT2D eigenvalue weighted by Gasteiger charge is -2.34. The predicted molar refractivity (Wildman–Crippen MR) is 80.4 cm³/mol. The Hall–Kier alpha value is -2.24. The SMILES string of the molecule is CC(c1ccccc1)n1cncc1C(=O)OCC1CC(F)(F)C1. The monoisotopic (exact) mass is 320 g/mol. The third-order valence-electron chi connectivity index (χ3n) is 4.20. The highest BCUT2D eigenvalue weighted by atomic mass is 19.3. The lowest BCUT2D eigenvalue weighted by molar-refractivity contribution is -0.122. The lowest BCUT2D eigenvalue weighted by Crippen LogP contribution is -2.38. The van der Waals surface area contributed by atoms with E-state index in [9.17, 15) is 13.6 Å². The Morgan fingerprint density at radius 1 is 1.39 bits per heavy atom. The number of carbonyl (C=O) groups is 1. The smallest absolute Gasteiger partial charge is 0.356 e. The van der Waals surface area contributed by atoms with Crippen LogP contribution in [0.4, 0.5) is 8.78 Å². The van der Waals surface area contributed by atoms with Crippen LogP contribution in [0.1, 0.15) is 41.9 Å². The van der Waals surface area contributed by atoms with Crippen molar-refractivity contribution in [3.63, 3.8) is 0 Å². The van der Waals surface area contributed by atoms with Gasteiger partial charge in [0.15, 0.2) is 0 Å². The van der Waals surface area contributed by atoms with Crippen molar-refractivity contribution in [3.8, 4) is 0 Å². The minimum absolute atomic E-state index is 0.0271. The summed E-state index contributed by atoms with van der Waals surface area (Å²) in [4.78, 5) is 16.2. The minimum Gasteiger partial charge on any atom is -0.461 e. The van der Waals surface area contributed by atoms with Crippen LogP contribution in [-0.4, -0.2) is 28.0 Å².